The van der Waals surface area contributed by atoms with Gasteiger partial charge in [-0.3, -0.25) is 19.3 Å². The van der Waals surface area contributed by atoms with E-state index in [4.69, 9.17) is 5.10 Å². The Kier molecular flexibility index (Phi) is 5.50. The van der Waals surface area contributed by atoms with Crippen molar-refractivity contribution in [2.24, 2.45) is 13.0 Å². The van der Waals surface area contributed by atoms with Gasteiger partial charge in [-0.25, -0.2) is 0 Å². The summed E-state index contributed by atoms with van der Waals surface area (Å²) in [6.45, 7) is 9.06. The Bertz CT molecular complexity index is 1430. The fourth-order valence-electron chi connectivity index (χ4n) is 5.32. The second-order valence-electron chi connectivity index (χ2n) is 10.1. The quantitative estimate of drug-likeness (QED) is 0.428. The molecule has 0 radical (unpaired) electrons. The van der Waals surface area contributed by atoms with E-state index in [-0.39, 0.29) is 5.91 Å². The van der Waals surface area contributed by atoms with Crippen molar-refractivity contribution in [3.8, 4) is 22.8 Å². The minimum Gasteiger partial charge on any atom is -0.332 e. The summed E-state index contributed by atoms with van der Waals surface area (Å²) in [6, 6.07) is 1.85. The number of hydrogen-bond acceptors (Lipinski definition) is 6. The van der Waals surface area contributed by atoms with Gasteiger partial charge in [0.25, 0.3) is 5.91 Å². The molecule has 1 aliphatic carbocycles. The van der Waals surface area contributed by atoms with Gasteiger partial charge in [0.15, 0.2) is 5.82 Å². The Morgan fingerprint density at radius 2 is 2.06 bits per heavy atom. The average Bonchev–Trinajstić information content (AvgIpc) is 3.16. The minimum absolute atomic E-state index is 0.0649. The van der Waals surface area contributed by atoms with Crippen molar-refractivity contribution in [1.82, 2.24) is 49.4 Å². The fourth-order valence-corrected chi connectivity index (χ4v) is 5.32. The first kappa shape index (κ1) is 22.7. The minimum atomic E-state index is -0.0649. The normalized spacial score (nSPS) is 15.5. The molecule has 1 fully saturated rings. The van der Waals surface area contributed by atoms with Crippen molar-refractivity contribution in [2.75, 3.05) is 6.54 Å². The number of amides is 1. The second-order valence-corrected chi connectivity index (χ2v) is 10.1. The predicted molar refractivity (Wildman–Crippen MR) is 133 cm³/mol. The van der Waals surface area contributed by atoms with Gasteiger partial charge in [-0.15, -0.1) is 10.2 Å². The third-order valence-corrected chi connectivity index (χ3v) is 7.39. The van der Waals surface area contributed by atoms with Crippen LogP contribution in [0.1, 0.15) is 59.3 Å². The zero-order valence-corrected chi connectivity index (χ0v) is 21.3. The summed E-state index contributed by atoms with van der Waals surface area (Å²) in [5, 5.41) is 25.5. The van der Waals surface area contributed by atoms with E-state index < -0.39 is 0 Å². The summed E-state index contributed by atoms with van der Waals surface area (Å²) in [5.41, 5.74) is 7.24. The Hall–Kier alpha value is -3.76. The first-order chi connectivity index (χ1) is 17.4. The molecule has 188 valence electrons. The molecule has 0 spiro atoms. The summed E-state index contributed by atoms with van der Waals surface area (Å²) in [6.07, 6.45) is 6.05. The van der Waals surface area contributed by atoms with E-state index in [9.17, 15) is 4.79 Å². The molecule has 0 bridgehead atoms. The molecule has 6 rings (SSSR count). The molecule has 4 aromatic heterocycles. The monoisotopic (exact) mass is 488 g/mol. The molecule has 11 heteroatoms. The van der Waals surface area contributed by atoms with Crippen LogP contribution in [0.5, 0.6) is 0 Å². The fraction of sp³-hybridized carbons (Fsp3) is 0.520. The SMILES string of the molecule is CCCn1nc(C)c(-c2cc(C(=O)N3CCc4c(c(-c5nncn5CC5CC5)nn4C)C3)[nH]n2)c1C. The molecule has 0 atom stereocenters. The number of hydrogen-bond donors (Lipinski definition) is 1. The van der Waals surface area contributed by atoms with Crippen molar-refractivity contribution in [3.05, 3.63) is 40.7 Å². The van der Waals surface area contributed by atoms with Crippen LogP contribution < -0.4 is 0 Å². The van der Waals surface area contributed by atoms with Crippen molar-refractivity contribution in [3.63, 3.8) is 0 Å². The number of aromatic nitrogens is 9. The number of nitrogens with zero attached hydrogens (tertiary/aromatic N) is 9. The summed E-state index contributed by atoms with van der Waals surface area (Å²) in [5.74, 6) is 1.42. The van der Waals surface area contributed by atoms with E-state index in [0.717, 1.165) is 71.4 Å². The third-order valence-electron chi connectivity index (χ3n) is 7.39. The highest BCUT2D eigenvalue weighted by Gasteiger charge is 2.31. The summed E-state index contributed by atoms with van der Waals surface area (Å²) >= 11 is 0. The van der Waals surface area contributed by atoms with E-state index in [1.165, 1.54) is 12.8 Å². The van der Waals surface area contributed by atoms with Gasteiger partial charge in [0.1, 0.15) is 17.7 Å². The van der Waals surface area contributed by atoms with Gasteiger partial charge in [-0.1, -0.05) is 6.92 Å². The van der Waals surface area contributed by atoms with Crippen LogP contribution >= 0.6 is 0 Å². The first-order valence-electron chi connectivity index (χ1n) is 12.8. The van der Waals surface area contributed by atoms with Crippen LogP contribution in [0.3, 0.4) is 0 Å². The lowest BCUT2D eigenvalue weighted by atomic mass is 10.0. The highest BCUT2D eigenvalue weighted by molar-refractivity contribution is 5.93. The zero-order valence-electron chi connectivity index (χ0n) is 21.3. The second kappa shape index (κ2) is 8.72. The lowest BCUT2D eigenvalue weighted by molar-refractivity contribution is 0.0727. The molecule has 1 amide bonds. The van der Waals surface area contributed by atoms with E-state index >= 15 is 0 Å². The maximum Gasteiger partial charge on any atom is 0.272 e. The highest BCUT2D eigenvalue weighted by Crippen LogP contribution is 2.34. The summed E-state index contributed by atoms with van der Waals surface area (Å²) in [4.78, 5) is 15.4. The molecule has 0 unspecified atom stereocenters. The van der Waals surface area contributed by atoms with Crippen molar-refractivity contribution >= 4 is 5.91 Å². The smallest absolute Gasteiger partial charge is 0.272 e. The summed E-state index contributed by atoms with van der Waals surface area (Å²) in [7, 11) is 1.96. The van der Waals surface area contributed by atoms with Crippen LogP contribution in [-0.2, 0) is 33.1 Å². The molecule has 2 aliphatic rings. The van der Waals surface area contributed by atoms with Crippen LogP contribution in [0.4, 0.5) is 0 Å². The van der Waals surface area contributed by atoms with E-state index in [1.807, 2.05) is 34.3 Å². The number of aromatic amines is 1. The number of fused-ring (bicyclic) bond motifs is 1. The number of aryl methyl sites for hydroxylation is 3. The predicted octanol–water partition coefficient (Wildman–Crippen LogP) is 2.90. The maximum atomic E-state index is 13.5. The average molecular weight is 489 g/mol. The van der Waals surface area contributed by atoms with Gasteiger partial charge < -0.3 is 9.47 Å². The lowest BCUT2D eigenvalue weighted by Crippen LogP contribution is -2.36. The molecule has 36 heavy (non-hydrogen) atoms. The van der Waals surface area contributed by atoms with Crippen molar-refractivity contribution < 1.29 is 4.79 Å². The Morgan fingerprint density at radius 3 is 2.83 bits per heavy atom. The lowest BCUT2D eigenvalue weighted by Gasteiger charge is -2.27. The molecule has 1 saturated carbocycles. The van der Waals surface area contributed by atoms with Gasteiger partial charge in [0.2, 0.25) is 0 Å². The van der Waals surface area contributed by atoms with Gasteiger partial charge in [0.05, 0.1) is 17.9 Å². The number of nitrogens with one attached hydrogen (secondary N) is 1. The molecule has 1 N–H and O–H groups in total. The molecule has 4 aromatic rings. The molecule has 1 aliphatic heterocycles. The molecule has 0 aromatic carbocycles. The van der Waals surface area contributed by atoms with E-state index in [2.05, 4.69) is 43.9 Å². The van der Waals surface area contributed by atoms with E-state index in [0.29, 0.717) is 24.7 Å². The van der Waals surface area contributed by atoms with Crippen LogP contribution in [0, 0.1) is 19.8 Å². The van der Waals surface area contributed by atoms with Gasteiger partial charge >= 0.3 is 0 Å². The molecule has 0 saturated heterocycles. The van der Waals surface area contributed by atoms with Gasteiger partial charge in [-0.05, 0) is 45.1 Å². The first-order valence-corrected chi connectivity index (χ1v) is 12.8. The van der Waals surface area contributed by atoms with Crippen LogP contribution in [0.25, 0.3) is 22.8 Å². The Labute approximate surface area is 209 Å². The number of carbonyl (C=O) groups is 1. The zero-order chi connectivity index (χ0) is 25.0. The number of carbonyl (C=O) groups excluding carboxylic acids is 1. The van der Waals surface area contributed by atoms with Gasteiger partial charge in [0, 0.05) is 55.6 Å². The highest BCUT2D eigenvalue weighted by atomic mass is 16.2. The van der Waals surface area contributed by atoms with E-state index in [1.54, 1.807) is 6.33 Å². The third kappa shape index (κ3) is 3.82. The molecule has 5 heterocycles. The van der Waals surface area contributed by atoms with Crippen molar-refractivity contribution in [2.45, 2.75) is 66.1 Å². The largest absolute Gasteiger partial charge is 0.332 e. The molecular weight excluding hydrogens is 456 g/mol. The molecular formula is C25H32N10O. The van der Waals surface area contributed by atoms with Crippen LogP contribution in [0.2, 0.25) is 0 Å². The van der Waals surface area contributed by atoms with Crippen LogP contribution in [0.15, 0.2) is 12.4 Å². The number of rotatable bonds is 7. The molecule has 11 nitrogen and oxygen atoms in total. The standard InChI is InChI=1S/C25H32N10O/c1-5-9-35-16(3)22(15(2)30-35)19-11-20(28-27-19)25(36)33-10-8-21-18(13-33)23(31-32(21)4)24-29-26-14-34(24)12-17-6-7-17/h11,14,17H,5-10,12-13H2,1-4H3,(H,27,28). The van der Waals surface area contributed by atoms with Crippen molar-refractivity contribution in [1.29, 1.82) is 0 Å². The summed E-state index contributed by atoms with van der Waals surface area (Å²) < 4.78 is 6.04. The number of H-pyrrole nitrogens is 1. The Balaban J connectivity index is 1.26. The maximum absolute atomic E-state index is 13.5. The van der Waals surface area contributed by atoms with Gasteiger partial charge in [-0.2, -0.15) is 15.3 Å². The Morgan fingerprint density at radius 1 is 1.22 bits per heavy atom. The van der Waals surface area contributed by atoms with Crippen LogP contribution in [-0.4, -0.2) is 61.9 Å². The topological polar surface area (TPSA) is 115 Å².